The fourth-order valence-corrected chi connectivity index (χ4v) is 2.59. The average molecular weight is 475 g/mol. The van der Waals surface area contributed by atoms with Crippen LogP contribution in [0.4, 0.5) is 0 Å². The Morgan fingerprint density at radius 3 is 2.58 bits per heavy atom. The Labute approximate surface area is 175 Å². The third kappa shape index (κ3) is 9.73. The third-order valence-corrected chi connectivity index (χ3v) is 4.22. The van der Waals surface area contributed by atoms with Crippen LogP contribution in [0.1, 0.15) is 43.7 Å². The van der Waals surface area contributed by atoms with Crippen molar-refractivity contribution in [1.29, 1.82) is 0 Å². The first-order chi connectivity index (χ1) is 12.3. The molecule has 1 fully saturated rings. The van der Waals surface area contributed by atoms with Crippen molar-refractivity contribution < 1.29 is 9.47 Å². The van der Waals surface area contributed by atoms with Crippen molar-refractivity contribution in [1.82, 2.24) is 10.6 Å². The van der Waals surface area contributed by atoms with Gasteiger partial charge in [0.15, 0.2) is 5.96 Å². The second-order valence-electron chi connectivity index (χ2n) is 6.57. The largest absolute Gasteiger partial charge is 0.379 e. The molecule has 1 unspecified atom stereocenters. The molecule has 0 saturated carbocycles. The van der Waals surface area contributed by atoms with E-state index in [-0.39, 0.29) is 30.1 Å². The van der Waals surface area contributed by atoms with Crippen LogP contribution in [0.2, 0.25) is 0 Å². The molecule has 6 heteroatoms. The molecular formula is C20H34IN3O2. The van der Waals surface area contributed by atoms with Gasteiger partial charge in [-0.1, -0.05) is 43.2 Å². The standard InChI is InChI=1S/C20H33N3O2.HI/c1-3-4-11-21-20(23-15-18-8-6-17(2)7-9-18)22-12-5-13-25-19-10-14-24-16-19;/h6-9,19H,3-5,10-16H2,1-2H3,(H2,21,22,23);1H. The molecule has 26 heavy (non-hydrogen) atoms. The van der Waals surface area contributed by atoms with Gasteiger partial charge in [0.2, 0.25) is 0 Å². The monoisotopic (exact) mass is 475 g/mol. The van der Waals surface area contributed by atoms with Gasteiger partial charge in [0.05, 0.1) is 19.3 Å². The number of benzene rings is 1. The van der Waals surface area contributed by atoms with Crippen LogP contribution in [0.3, 0.4) is 0 Å². The first-order valence-corrected chi connectivity index (χ1v) is 9.55. The minimum Gasteiger partial charge on any atom is -0.379 e. The summed E-state index contributed by atoms with van der Waals surface area (Å²) in [4.78, 5) is 4.70. The lowest BCUT2D eigenvalue weighted by Crippen LogP contribution is -2.38. The molecular weight excluding hydrogens is 441 g/mol. The zero-order valence-corrected chi connectivity index (χ0v) is 18.5. The summed E-state index contributed by atoms with van der Waals surface area (Å²) in [6.45, 7) is 9.15. The van der Waals surface area contributed by atoms with Gasteiger partial charge in [0, 0.05) is 26.3 Å². The van der Waals surface area contributed by atoms with Gasteiger partial charge in [-0.25, -0.2) is 4.99 Å². The number of aliphatic imine (C=N–C) groups is 1. The molecule has 5 nitrogen and oxygen atoms in total. The maximum absolute atomic E-state index is 5.80. The molecule has 1 heterocycles. The fourth-order valence-electron chi connectivity index (χ4n) is 2.59. The van der Waals surface area contributed by atoms with Crippen molar-refractivity contribution in [3.8, 4) is 0 Å². The minimum atomic E-state index is 0. The van der Waals surface area contributed by atoms with Gasteiger partial charge in [-0.3, -0.25) is 0 Å². The molecule has 0 aliphatic carbocycles. The maximum Gasteiger partial charge on any atom is 0.191 e. The highest BCUT2D eigenvalue weighted by molar-refractivity contribution is 14.0. The number of ether oxygens (including phenoxy) is 2. The van der Waals surface area contributed by atoms with E-state index in [0.717, 1.165) is 58.1 Å². The second kappa shape index (κ2) is 14.2. The van der Waals surface area contributed by atoms with Gasteiger partial charge in [0.25, 0.3) is 0 Å². The topological polar surface area (TPSA) is 54.9 Å². The molecule has 0 radical (unpaired) electrons. The third-order valence-electron chi connectivity index (χ3n) is 4.22. The maximum atomic E-state index is 5.80. The van der Waals surface area contributed by atoms with Gasteiger partial charge in [-0.05, 0) is 31.7 Å². The number of hydrogen-bond acceptors (Lipinski definition) is 3. The van der Waals surface area contributed by atoms with Crippen molar-refractivity contribution >= 4 is 29.9 Å². The normalized spacial score (nSPS) is 17.0. The lowest BCUT2D eigenvalue weighted by atomic mass is 10.1. The van der Waals surface area contributed by atoms with Crippen LogP contribution in [0.5, 0.6) is 0 Å². The van der Waals surface area contributed by atoms with Crippen molar-refractivity contribution in [3.63, 3.8) is 0 Å². The Morgan fingerprint density at radius 1 is 1.19 bits per heavy atom. The molecule has 0 bridgehead atoms. The number of nitrogens with one attached hydrogen (secondary N) is 2. The van der Waals surface area contributed by atoms with E-state index in [1.807, 2.05) is 0 Å². The Balaban J connectivity index is 0.00000338. The van der Waals surface area contributed by atoms with E-state index in [1.54, 1.807) is 0 Å². The van der Waals surface area contributed by atoms with E-state index in [9.17, 15) is 0 Å². The van der Waals surface area contributed by atoms with Crippen LogP contribution < -0.4 is 10.6 Å². The van der Waals surface area contributed by atoms with Crippen LogP contribution in [0.25, 0.3) is 0 Å². The quantitative estimate of drug-likeness (QED) is 0.235. The van der Waals surface area contributed by atoms with Gasteiger partial charge in [0.1, 0.15) is 0 Å². The Bertz CT molecular complexity index is 502. The average Bonchev–Trinajstić information content (AvgIpc) is 3.14. The Kier molecular flexibility index (Phi) is 12.7. The van der Waals surface area contributed by atoms with Crippen LogP contribution >= 0.6 is 24.0 Å². The summed E-state index contributed by atoms with van der Waals surface area (Å²) < 4.78 is 11.1. The van der Waals surface area contributed by atoms with Gasteiger partial charge in [-0.2, -0.15) is 0 Å². The summed E-state index contributed by atoms with van der Waals surface area (Å²) in [5.74, 6) is 0.887. The number of guanidine groups is 1. The van der Waals surface area contributed by atoms with E-state index in [4.69, 9.17) is 14.5 Å². The van der Waals surface area contributed by atoms with E-state index in [2.05, 4.69) is 48.7 Å². The molecule has 1 aromatic rings. The number of halogens is 1. The molecule has 0 spiro atoms. The predicted octanol–water partition coefficient (Wildman–Crippen LogP) is 3.64. The smallest absolute Gasteiger partial charge is 0.191 e. The highest BCUT2D eigenvalue weighted by atomic mass is 127. The number of hydrogen-bond donors (Lipinski definition) is 2. The lowest BCUT2D eigenvalue weighted by molar-refractivity contribution is 0.0420. The number of rotatable bonds is 10. The Hall–Kier alpha value is -0.860. The van der Waals surface area contributed by atoms with Crippen molar-refractivity contribution in [2.24, 2.45) is 4.99 Å². The number of aryl methyl sites for hydroxylation is 1. The van der Waals surface area contributed by atoms with Crippen molar-refractivity contribution in [2.75, 3.05) is 32.9 Å². The molecule has 1 aliphatic rings. The molecule has 0 amide bonds. The zero-order chi connectivity index (χ0) is 17.7. The number of unbranched alkanes of at least 4 members (excludes halogenated alkanes) is 1. The summed E-state index contributed by atoms with van der Waals surface area (Å²) in [6.07, 6.45) is 4.61. The molecule has 1 saturated heterocycles. The molecule has 2 rings (SSSR count). The number of nitrogens with zero attached hydrogens (tertiary/aromatic N) is 1. The first-order valence-electron chi connectivity index (χ1n) is 9.55. The summed E-state index contributed by atoms with van der Waals surface area (Å²) in [6, 6.07) is 8.54. The van der Waals surface area contributed by atoms with Crippen LogP contribution in [0, 0.1) is 6.92 Å². The van der Waals surface area contributed by atoms with Gasteiger partial charge < -0.3 is 20.1 Å². The highest BCUT2D eigenvalue weighted by Crippen LogP contribution is 2.08. The Morgan fingerprint density at radius 2 is 1.92 bits per heavy atom. The molecule has 1 aromatic carbocycles. The van der Waals surface area contributed by atoms with E-state index < -0.39 is 0 Å². The fraction of sp³-hybridized carbons (Fsp3) is 0.650. The van der Waals surface area contributed by atoms with Crippen LogP contribution in [-0.4, -0.2) is 45.0 Å². The van der Waals surface area contributed by atoms with E-state index >= 15 is 0 Å². The SMILES string of the molecule is CCCCNC(=NCc1ccc(C)cc1)NCCCOC1CCOC1.I. The molecule has 1 atom stereocenters. The summed E-state index contributed by atoms with van der Waals surface area (Å²) >= 11 is 0. The summed E-state index contributed by atoms with van der Waals surface area (Å²) in [7, 11) is 0. The van der Waals surface area contributed by atoms with Crippen molar-refractivity contribution in [2.45, 2.75) is 52.2 Å². The second-order valence-corrected chi connectivity index (χ2v) is 6.57. The lowest BCUT2D eigenvalue weighted by Gasteiger charge is -2.13. The van der Waals surface area contributed by atoms with Gasteiger partial charge in [-0.15, -0.1) is 24.0 Å². The van der Waals surface area contributed by atoms with Crippen LogP contribution in [-0.2, 0) is 16.0 Å². The summed E-state index contributed by atoms with van der Waals surface area (Å²) in [5, 5.41) is 6.83. The van der Waals surface area contributed by atoms with E-state index in [1.165, 1.54) is 17.5 Å². The molecule has 0 aromatic heterocycles. The zero-order valence-electron chi connectivity index (χ0n) is 16.1. The molecule has 2 N–H and O–H groups in total. The molecule has 1 aliphatic heterocycles. The van der Waals surface area contributed by atoms with Gasteiger partial charge >= 0.3 is 0 Å². The van der Waals surface area contributed by atoms with Crippen LogP contribution in [0.15, 0.2) is 29.3 Å². The summed E-state index contributed by atoms with van der Waals surface area (Å²) in [5.41, 5.74) is 2.51. The van der Waals surface area contributed by atoms with Crippen molar-refractivity contribution in [3.05, 3.63) is 35.4 Å². The van der Waals surface area contributed by atoms with E-state index in [0.29, 0.717) is 6.54 Å². The first kappa shape index (κ1) is 23.2. The molecule has 148 valence electrons. The highest BCUT2D eigenvalue weighted by Gasteiger charge is 2.15. The predicted molar refractivity (Wildman–Crippen MR) is 118 cm³/mol. The minimum absolute atomic E-state index is 0.